The van der Waals surface area contributed by atoms with E-state index < -0.39 is 0 Å². The van der Waals surface area contributed by atoms with Gasteiger partial charge in [0, 0.05) is 28.5 Å². The van der Waals surface area contributed by atoms with Crippen molar-refractivity contribution >= 4 is 23.2 Å². The topological polar surface area (TPSA) is 56.5 Å². The molecule has 0 aliphatic rings. The molecule has 3 rings (SSSR count). The van der Waals surface area contributed by atoms with E-state index in [1.807, 2.05) is 12.1 Å². The van der Waals surface area contributed by atoms with Crippen molar-refractivity contribution in [3.05, 3.63) is 53.3 Å². The summed E-state index contributed by atoms with van der Waals surface area (Å²) in [4.78, 5) is 16.2. The average Bonchev–Trinajstić information content (AvgIpc) is 2.87. The van der Waals surface area contributed by atoms with Crippen LogP contribution in [-0.4, -0.2) is 27.2 Å². The van der Waals surface area contributed by atoms with E-state index in [1.54, 1.807) is 42.0 Å². The summed E-state index contributed by atoms with van der Waals surface area (Å²) in [5.74, 6) is -0.293. The zero-order valence-electron chi connectivity index (χ0n) is 12.0. The number of carbonyl (C=O) groups is 1. The molecule has 0 saturated heterocycles. The van der Waals surface area contributed by atoms with Crippen LogP contribution in [0.3, 0.4) is 0 Å². The summed E-state index contributed by atoms with van der Waals surface area (Å²) in [6.45, 7) is 2.13. The van der Waals surface area contributed by atoms with Crippen LogP contribution in [0.25, 0.3) is 16.9 Å². The lowest BCUT2D eigenvalue weighted by molar-refractivity contribution is -0.142. The molecule has 0 unspecified atom stereocenters. The third-order valence-corrected chi connectivity index (χ3v) is 3.49. The Labute approximate surface area is 132 Å². The van der Waals surface area contributed by atoms with Crippen molar-refractivity contribution in [3.63, 3.8) is 0 Å². The Morgan fingerprint density at radius 2 is 2.09 bits per heavy atom. The number of benzene rings is 1. The predicted molar refractivity (Wildman–Crippen MR) is 83.8 cm³/mol. The Balaban J connectivity index is 2.11. The molecule has 2 aromatic heterocycles. The first kappa shape index (κ1) is 14.5. The number of halogens is 1. The van der Waals surface area contributed by atoms with Gasteiger partial charge in [0.2, 0.25) is 0 Å². The van der Waals surface area contributed by atoms with Gasteiger partial charge in [0.15, 0.2) is 5.65 Å². The fourth-order valence-corrected chi connectivity index (χ4v) is 2.42. The Morgan fingerprint density at radius 1 is 1.32 bits per heavy atom. The number of aromatic nitrogens is 3. The van der Waals surface area contributed by atoms with Gasteiger partial charge in [0.05, 0.1) is 18.7 Å². The molecule has 0 saturated carbocycles. The lowest BCUT2D eigenvalue weighted by atomic mass is 10.1. The van der Waals surface area contributed by atoms with Gasteiger partial charge in [-0.05, 0) is 25.1 Å². The molecule has 0 bridgehead atoms. The SMILES string of the molecule is CCOC(=O)Cc1c(-c2ccc(Cl)cc2)nn2cccnc12. The molecule has 0 spiro atoms. The number of ether oxygens (including phenoxy) is 1. The van der Waals surface area contributed by atoms with Crippen LogP contribution in [0.15, 0.2) is 42.7 Å². The Bertz CT molecular complexity index is 812. The maximum Gasteiger partial charge on any atom is 0.310 e. The Kier molecular flexibility index (Phi) is 4.06. The third kappa shape index (κ3) is 2.80. The van der Waals surface area contributed by atoms with E-state index in [0.29, 0.717) is 23.0 Å². The number of rotatable bonds is 4. The monoisotopic (exact) mass is 315 g/mol. The van der Waals surface area contributed by atoms with Gasteiger partial charge < -0.3 is 4.74 Å². The zero-order chi connectivity index (χ0) is 15.5. The summed E-state index contributed by atoms with van der Waals surface area (Å²) in [7, 11) is 0. The molecule has 5 nitrogen and oxygen atoms in total. The first-order valence-electron chi connectivity index (χ1n) is 6.93. The second kappa shape index (κ2) is 6.15. The van der Waals surface area contributed by atoms with E-state index in [2.05, 4.69) is 10.1 Å². The Hall–Kier alpha value is -2.40. The van der Waals surface area contributed by atoms with Crippen molar-refractivity contribution < 1.29 is 9.53 Å². The van der Waals surface area contributed by atoms with Crippen molar-refractivity contribution in [2.45, 2.75) is 13.3 Å². The van der Waals surface area contributed by atoms with Crippen LogP contribution < -0.4 is 0 Å². The fourth-order valence-electron chi connectivity index (χ4n) is 2.29. The average molecular weight is 316 g/mol. The molecule has 0 amide bonds. The molecule has 0 atom stereocenters. The summed E-state index contributed by atoms with van der Waals surface area (Å²) >= 11 is 5.93. The van der Waals surface area contributed by atoms with Crippen LogP contribution in [0.4, 0.5) is 0 Å². The number of esters is 1. The molecule has 0 aliphatic carbocycles. The number of nitrogens with zero attached hydrogens (tertiary/aromatic N) is 3. The summed E-state index contributed by atoms with van der Waals surface area (Å²) in [5.41, 5.74) is 3.00. The van der Waals surface area contributed by atoms with Crippen LogP contribution in [0.1, 0.15) is 12.5 Å². The summed E-state index contributed by atoms with van der Waals surface area (Å²) < 4.78 is 6.71. The molecule has 1 aromatic carbocycles. The molecule has 3 aromatic rings. The first-order valence-corrected chi connectivity index (χ1v) is 7.30. The minimum absolute atomic E-state index is 0.131. The quantitative estimate of drug-likeness (QED) is 0.694. The van der Waals surface area contributed by atoms with Gasteiger partial charge in [-0.3, -0.25) is 4.79 Å². The molecule has 0 radical (unpaired) electrons. The van der Waals surface area contributed by atoms with Gasteiger partial charge in [0.1, 0.15) is 0 Å². The van der Waals surface area contributed by atoms with Crippen LogP contribution in [0.2, 0.25) is 5.02 Å². The molecule has 2 heterocycles. The van der Waals surface area contributed by atoms with Gasteiger partial charge in [-0.25, -0.2) is 9.50 Å². The molecule has 6 heteroatoms. The maximum absolute atomic E-state index is 11.9. The zero-order valence-corrected chi connectivity index (χ0v) is 12.7. The standard InChI is InChI=1S/C16H14ClN3O2/c1-2-22-14(21)10-13-15(11-4-6-12(17)7-5-11)19-20-9-3-8-18-16(13)20/h3-9H,2,10H2,1H3. The molecule has 112 valence electrons. The van der Waals surface area contributed by atoms with Crippen molar-refractivity contribution in [2.75, 3.05) is 6.61 Å². The molecule has 0 aliphatic heterocycles. The van der Waals surface area contributed by atoms with Gasteiger partial charge in [0.25, 0.3) is 0 Å². The lowest BCUT2D eigenvalue weighted by Crippen LogP contribution is -2.08. The highest BCUT2D eigenvalue weighted by molar-refractivity contribution is 6.30. The van der Waals surface area contributed by atoms with E-state index in [1.165, 1.54) is 0 Å². The lowest BCUT2D eigenvalue weighted by Gasteiger charge is -2.03. The molecule has 22 heavy (non-hydrogen) atoms. The normalized spacial score (nSPS) is 10.8. The summed E-state index contributed by atoms with van der Waals surface area (Å²) in [5, 5.41) is 5.18. The molecule has 0 N–H and O–H groups in total. The van der Waals surface area contributed by atoms with Gasteiger partial charge in [-0.2, -0.15) is 5.10 Å². The highest BCUT2D eigenvalue weighted by Crippen LogP contribution is 2.27. The largest absolute Gasteiger partial charge is 0.466 e. The summed E-state index contributed by atoms with van der Waals surface area (Å²) in [6.07, 6.45) is 3.61. The number of carbonyl (C=O) groups excluding carboxylic acids is 1. The predicted octanol–water partition coefficient (Wildman–Crippen LogP) is 3.16. The van der Waals surface area contributed by atoms with Crippen LogP contribution in [0, 0.1) is 0 Å². The van der Waals surface area contributed by atoms with E-state index in [9.17, 15) is 4.79 Å². The molecular formula is C16H14ClN3O2. The highest BCUT2D eigenvalue weighted by Gasteiger charge is 2.18. The van der Waals surface area contributed by atoms with Crippen molar-refractivity contribution in [3.8, 4) is 11.3 Å². The van der Waals surface area contributed by atoms with Crippen LogP contribution in [-0.2, 0) is 16.0 Å². The van der Waals surface area contributed by atoms with Crippen LogP contribution in [0.5, 0.6) is 0 Å². The highest BCUT2D eigenvalue weighted by atomic mass is 35.5. The van der Waals surface area contributed by atoms with E-state index in [-0.39, 0.29) is 12.4 Å². The molecular weight excluding hydrogens is 302 g/mol. The minimum Gasteiger partial charge on any atom is -0.466 e. The van der Waals surface area contributed by atoms with Gasteiger partial charge >= 0.3 is 5.97 Å². The van der Waals surface area contributed by atoms with Crippen molar-refractivity contribution in [1.29, 1.82) is 0 Å². The van der Waals surface area contributed by atoms with Crippen molar-refractivity contribution in [1.82, 2.24) is 14.6 Å². The first-order chi connectivity index (χ1) is 10.7. The van der Waals surface area contributed by atoms with Crippen molar-refractivity contribution in [2.24, 2.45) is 0 Å². The Morgan fingerprint density at radius 3 is 2.82 bits per heavy atom. The summed E-state index contributed by atoms with van der Waals surface area (Å²) in [6, 6.07) is 9.13. The minimum atomic E-state index is -0.293. The number of fused-ring (bicyclic) bond motifs is 1. The third-order valence-electron chi connectivity index (χ3n) is 3.23. The van der Waals surface area contributed by atoms with Crippen LogP contribution >= 0.6 is 11.6 Å². The second-order valence-corrected chi connectivity index (χ2v) is 5.14. The molecule has 0 fully saturated rings. The fraction of sp³-hybridized carbons (Fsp3) is 0.188. The number of hydrogen-bond donors (Lipinski definition) is 0. The smallest absolute Gasteiger partial charge is 0.310 e. The maximum atomic E-state index is 11.9. The van der Waals surface area contributed by atoms with E-state index in [0.717, 1.165) is 11.1 Å². The number of hydrogen-bond acceptors (Lipinski definition) is 4. The van der Waals surface area contributed by atoms with Gasteiger partial charge in [-0.1, -0.05) is 23.7 Å². The van der Waals surface area contributed by atoms with E-state index >= 15 is 0 Å². The second-order valence-electron chi connectivity index (χ2n) is 4.70. The van der Waals surface area contributed by atoms with Gasteiger partial charge in [-0.15, -0.1) is 0 Å². The van der Waals surface area contributed by atoms with E-state index in [4.69, 9.17) is 16.3 Å².